The van der Waals surface area contributed by atoms with Crippen molar-refractivity contribution in [2.45, 2.75) is 19.8 Å². The summed E-state index contributed by atoms with van der Waals surface area (Å²) in [6.07, 6.45) is 0.231. The van der Waals surface area contributed by atoms with Gasteiger partial charge in [0.1, 0.15) is 17.6 Å². The van der Waals surface area contributed by atoms with E-state index in [9.17, 15) is 0 Å². The zero-order valence-electron chi connectivity index (χ0n) is 24.1. The summed E-state index contributed by atoms with van der Waals surface area (Å²) in [5.74, 6) is 8.97. The van der Waals surface area contributed by atoms with E-state index in [-0.39, 0.29) is 0 Å². The van der Waals surface area contributed by atoms with Gasteiger partial charge in [-0.15, -0.1) is 5.92 Å². The number of hydrogen-bond donors (Lipinski definition) is 0. The predicted octanol–water partition coefficient (Wildman–Crippen LogP) is 5.28. The Kier molecular flexibility index (Phi) is 11.3. The molecule has 0 fully saturated rings. The minimum atomic E-state index is -1.41. The average Bonchev–Trinajstić information content (AvgIpc) is 2.94. The highest BCUT2D eigenvalue weighted by Gasteiger charge is 2.27. The van der Waals surface area contributed by atoms with Gasteiger partial charge >= 0.3 is 0 Å². The van der Waals surface area contributed by atoms with Crippen LogP contribution in [0, 0.1) is 11.7 Å². The number of unbranched alkanes of at least 4 members (excludes halogenated alkanes) is 1. The van der Waals surface area contributed by atoms with Gasteiger partial charge in [-0.05, 0) is 37.6 Å². The topological polar surface area (TPSA) is 18.5 Å². The van der Waals surface area contributed by atoms with Gasteiger partial charge in [-0.2, -0.15) is 16.4 Å². The lowest BCUT2D eigenvalue weighted by atomic mass is 9.16. The van der Waals surface area contributed by atoms with Crippen molar-refractivity contribution >= 4 is 22.5 Å². The number of rotatable bonds is 9. The number of quaternary nitrogens is 1. The lowest BCUT2D eigenvalue weighted by Gasteiger charge is -2.38. The van der Waals surface area contributed by atoms with Crippen LogP contribution in [-0.4, -0.2) is 52.0 Å². The summed E-state index contributed by atoms with van der Waals surface area (Å²) in [6.45, 7) is 3.27. The minimum absolute atomic E-state index is 0.630. The first-order valence-electron chi connectivity index (χ1n) is 13.8. The summed E-state index contributed by atoms with van der Waals surface area (Å²) < 4.78 is 12.4. The largest absolute Gasteiger partial charge is 0.494 e. The van der Waals surface area contributed by atoms with Gasteiger partial charge in [0.05, 0.1) is 41.4 Å². The number of ether oxygens (including phenoxy) is 2. The lowest BCUT2D eigenvalue weighted by molar-refractivity contribution is -0.849. The molecule has 0 heterocycles. The van der Waals surface area contributed by atoms with Crippen LogP contribution < -0.4 is 25.9 Å². The summed E-state index contributed by atoms with van der Waals surface area (Å²) in [5.41, 5.74) is 3.70. The Labute approximate surface area is 235 Å². The van der Waals surface area contributed by atoms with E-state index in [1.165, 1.54) is 16.4 Å². The molecule has 0 N–H and O–H groups in total. The van der Waals surface area contributed by atoms with Gasteiger partial charge in [0, 0.05) is 6.42 Å². The van der Waals surface area contributed by atoms with Gasteiger partial charge < -0.3 is 14.0 Å². The van der Waals surface area contributed by atoms with Gasteiger partial charge in [0.15, 0.2) is 0 Å². The molecule has 0 radical (unpaired) electrons. The molecule has 4 aromatic rings. The summed E-state index contributed by atoms with van der Waals surface area (Å²) >= 11 is 0. The van der Waals surface area contributed by atoms with Gasteiger partial charge in [-0.3, -0.25) is 5.82 Å². The van der Waals surface area contributed by atoms with Crippen molar-refractivity contribution in [2.24, 2.45) is 0 Å². The Bertz CT molecular complexity index is 1190. The Morgan fingerprint density at radius 1 is 0.590 bits per heavy atom. The third-order valence-corrected chi connectivity index (χ3v) is 6.07. The fourth-order valence-corrected chi connectivity index (χ4v) is 4.43. The quantitative estimate of drug-likeness (QED) is 0.130. The molecular formula is C35H42BNO2. The van der Waals surface area contributed by atoms with Crippen LogP contribution in [0.15, 0.2) is 115 Å². The summed E-state index contributed by atoms with van der Waals surface area (Å²) in [7, 11) is 8.50. The van der Waals surface area contributed by atoms with Crippen molar-refractivity contribution in [1.82, 2.24) is 0 Å². The van der Waals surface area contributed by atoms with Crippen molar-refractivity contribution in [3.05, 3.63) is 115 Å². The van der Waals surface area contributed by atoms with Crippen molar-refractivity contribution in [3.63, 3.8) is 0 Å². The van der Waals surface area contributed by atoms with Crippen LogP contribution in [0.1, 0.15) is 19.8 Å². The second-order valence-electron chi connectivity index (χ2n) is 11.0. The van der Waals surface area contributed by atoms with Crippen molar-refractivity contribution < 1.29 is 14.0 Å². The van der Waals surface area contributed by atoms with Crippen molar-refractivity contribution in [2.75, 3.05) is 41.4 Å². The molecule has 0 saturated heterocycles. The van der Waals surface area contributed by atoms with E-state index >= 15 is 0 Å². The molecule has 0 aliphatic carbocycles. The average molecular weight is 520 g/mol. The fraction of sp³-hybridized carbons (Fsp3) is 0.257. The van der Waals surface area contributed by atoms with Crippen LogP contribution >= 0.6 is 0 Å². The second kappa shape index (κ2) is 14.9. The normalized spacial score (nSPS) is 10.9. The molecule has 202 valence electrons. The first kappa shape index (κ1) is 29.6. The summed E-state index contributed by atoms with van der Waals surface area (Å²) in [4.78, 5) is 0. The minimum Gasteiger partial charge on any atom is -0.494 e. The molecule has 0 unspecified atom stereocenters. The van der Waals surface area contributed by atoms with E-state index in [4.69, 9.17) is 9.47 Å². The molecule has 0 bridgehead atoms. The fourth-order valence-electron chi connectivity index (χ4n) is 4.43. The maximum Gasteiger partial charge on any atom is 0.149 e. The van der Waals surface area contributed by atoms with E-state index in [1.807, 2.05) is 31.2 Å². The highest BCUT2D eigenvalue weighted by molar-refractivity contribution is 7.16. The highest BCUT2D eigenvalue weighted by Crippen LogP contribution is 2.17. The van der Waals surface area contributed by atoms with Gasteiger partial charge in [-0.25, -0.2) is 0 Å². The maximum atomic E-state index is 5.91. The molecular weight excluding hydrogens is 477 g/mol. The summed E-state index contributed by atoms with van der Waals surface area (Å²) in [6, 6.07) is 39.8. The standard InChI is InChI=1S/C31H30BO2.C4H12N/c1-2-33-30-21-23-31(24-22-30)34-26-14-6-13-25-32(27-15-7-3-8-16-27,28-17-9-4-10-18-28)29-19-11-5-12-20-29;1-5(2,3)4/h3-5,7-12,15-24H,2,6,14,26H2,1H3;1-4H3/q-1;+1. The molecule has 39 heavy (non-hydrogen) atoms. The lowest BCUT2D eigenvalue weighted by Crippen LogP contribution is -2.66. The smallest absolute Gasteiger partial charge is 0.149 e. The zero-order chi connectivity index (χ0) is 28.0. The highest BCUT2D eigenvalue weighted by atomic mass is 16.5. The second-order valence-corrected chi connectivity index (χ2v) is 11.0. The summed E-state index contributed by atoms with van der Waals surface area (Å²) in [5, 5.41) is 0. The van der Waals surface area contributed by atoms with Crippen LogP contribution in [0.25, 0.3) is 0 Å². The molecule has 0 spiro atoms. The predicted molar refractivity (Wildman–Crippen MR) is 168 cm³/mol. The number of nitrogens with zero attached hydrogens (tertiary/aromatic N) is 1. The van der Waals surface area contributed by atoms with E-state index in [2.05, 4.69) is 131 Å². The van der Waals surface area contributed by atoms with Gasteiger partial charge in [0.2, 0.25) is 0 Å². The van der Waals surface area contributed by atoms with E-state index in [1.54, 1.807) is 0 Å². The Balaban J connectivity index is 0.000000771. The molecule has 4 heteroatoms. The van der Waals surface area contributed by atoms with Crippen LogP contribution in [0.3, 0.4) is 0 Å². The van der Waals surface area contributed by atoms with Gasteiger partial charge in [-0.1, -0.05) is 91.0 Å². The zero-order valence-corrected chi connectivity index (χ0v) is 24.1. The molecule has 0 saturated carbocycles. The first-order valence-corrected chi connectivity index (χ1v) is 13.8. The third kappa shape index (κ3) is 9.39. The van der Waals surface area contributed by atoms with Gasteiger partial charge in [0.25, 0.3) is 0 Å². The molecule has 0 atom stereocenters. The Hall–Kier alpha value is -3.94. The number of benzene rings is 4. The molecule has 0 aliphatic rings. The molecule has 0 aromatic heterocycles. The molecule has 4 rings (SSSR count). The van der Waals surface area contributed by atoms with Crippen molar-refractivity contribution in [3.8, 4) is 23.2 Å². The molecule has 3 nitrogen and oxygen atoms in total. The molecule has 0 aliphatic heterocycles. The molecule has 0 amide bonds. The monoisotopic (exact) mass is 519 g/mol. The van der Waals surface area contributed by atoms with E-state index < -0.39 is 6.15 Å². The maximum absolute atomic E-state index is 5.91. The van der Waals surface area contributed by atoms with Crippen LogP contribution in [0.5, 0.6) is 11.5 Å². The van der Waals surface area contributed by atoms with Crippen LogP contribution in [-0.2, 0) is 0 Å². The Morgan fingerprint density at radius 2 is 0.974 bits per heavy atom. The SMILES string of the molecule is CCOc1ccc(OCCCC#C[B-](c2ccccc2)(c2ccccc2)c2ccccc2)cc1.C[N+](C)(C)C. The van der Waals surface area contributed by atoms with Crippen molar-refractivity contribution in [1.29, 1.82) is 0 Å². The third-order valence-electron chi connectivity index (χ3n) is 6.07. The van der Waals surface area contributed by atoms with E-state index in [0.29, 0.717) is 13.2 Å². The van der Waals surface area contributed by atoms with E-state index in [0.717, 1.165) is 28.8 Å². The van der Waals surface area contributed by atoms with Crippen LogP contribution in [0.4, 0.5) is 0 Å². The molecule has 4 aromatic carbocycles. The number of hydrogen-bond acceptors (Lipinski definition) is 2. The Morgan fingerprint density at radius 3 is 1.36 bits per heavy atom. The first-order chi connectivity index (χ1) is 18.8. The van der Waals surface area contributed by atoms with Crippen LogP contribution in [0.2, 0.25) is 0 Å².